The molecule has 5 aromatic carbocycles. The lowest BCUT2D eigenvalue weighted by Crippen LogP contribution is -2.63. The molecule has 1 heterocycles. The summed E-state index contributed by atoms with van der Waals surface area (Å²) in [5.41, 5.74) is 5.11. The number of esters is 1. The fraction of sp³-hybridized carbons (Fsp3) is 0.319. The topological polar surface area (TPSA) is 89.5 Å². The van der Waals surface area contributed by atoms with Crippen LogP contribution in [0, 0.1) is 0 Å². The highest BCUT2D eigenvalue weighted by Gasteiger charge is 2.54. The van der Waals surface area contributed by atoms with E-state index in [2.05, 4.69) is 58.1 Å². The Morgan fingerprint density at radius 3 is 1.82 bits per heavy atom. The molecule has 8 nitrogen and oxygen atoms in total. The number of carbonyl (C=O) groups is 2. The fourth-order valence-electron chi connectivity index (χ4n) is 7.03. The molecule has 7 rings (SSSR count). The van der Waals surface area contributed by atoms with E-state index in [9.17, 15) is 9.59 Å². The van der Waals surface area contributed by atoms with Crippen molar-refractivity contribution in [2.45, 2.75) is 86.2 Å². The van der Waals surface area contributed by atoms with Gasteiger partial charge >= 0.3 is 12.1 Å². The minimum absolute atomic E-state index is 0.118. The van der Waals surface area contributed by atoms with Crippen LogP contribution in [0.1, 0.15) is 53.7 Å². The Labute approximate surface area is 340 Å². The van der Waals surface area contributed by atoms with E-state index in [0.29, 0.717) is 5.56 Å². The first-order chi connectivity index (χ1) is 27.5. The fourth-order valence-corrected chi connectivity index (χ4v) is 9.46. The zero-order valence-electron chi connectivity index (χ0n) is 33.0. The zero-order chi connectivity index (χ0) is 40.0. The standard InChI is InChI=1S/C47H50O8SSi/c1-47(2,3)57(4,5)55-42-41(50-29-32-19-9-6-10-20-32)40(31-52-46(49)51-30-39-37-27-17-15-25-35(37)36-26-16-18-28-38(36)39)53-45(56-34-23-13-8-14-24-34)43(42)54-44(48)33-21-11-7-12-22-33/h6-28,39-43,45H,29-31H2,1-5H3/t40-,41-,42+,43-,45+/m1/s1. The smallest absolute Gasteiger partial charge is 0.452 e. The highest BCUT2D eigenvalue weighted by Crippen LogP contribution is 2.45. The number of ether oxygens (including phenoxy) is 5. The summed E-state index contributed by atoms with van der Waals surface area (Å²) in [6.45, 7) is 11.0. The second-order valence-corrected chi connectivity index (χ2v) is 21.8. The van der Waals surface area contributed by atoms with E-state index in [1.165, 1.54) is 11.8 Å². The maximum absolute atomic E-state index is 13.9. The van der Waals surface area contributed by atoms with Gasteiger partial charge in [-0.1, -0.05) is 148 Å². The third-order valence-electron chi connectivity index (χ3n) is 11.1. The molecule has 0 radical (unpaired) electrons. The first-order valence-electron chi connectivity index (χ1n) is 19.4. The number of rotatable bonds is 13. The molecule has 0 amide bonds. The molecule has 296 valence electrons. The Hall–Kier alpha value is -4.71. The van der Waals surface area contributed by atoms with Crippen LogP contribution in [0.2, 0.25) is 18.1 Å². The van der Waals surface area contributed by atoms with E-state index in [1.54, 1.807) is 24.3 Å². The maximum atomic E-state index is 13.9. The Morgan fingerprint density at radius 2 is 1.21 bits per heavy atom. The molecule has 10 heteroatoms. The summed E-state index contributed by atoms with van der Waals surface area (Å²) in [5.74, 6) is -0.617. The van der Waals surface area contributed by atoms with Gasteiger partial charge in [-0.05, 0) is 70.2 Å². The third-order valence-corrected chi connectivity index (χ3v) is 16.7. The predicted octanol–water partition coefficient (Wildman–Crippen LogP) is 10.7. The van der Waals surface area contributed by atoms with Crippen LogP contribution < -0.4 is 0 Å². The molecule has 1 aliphatic heterocycles. The molecule has 0 spiro atoms. The SMILES string of the molecule is CC(C)(C)[Si](C)(C)O[C@@H]1[C@@H](OC(=O)c2ccccc2)[C@H](Sc2ccccc2)O[C@H](COC(=O)OCC2c3ccccc3-c3ccccc32)[C@H]1OCc1ccccc1. The van der Waals surface area contributed by atoms with Crippen LogP contribution >= 0.6 is 11.8 Å². The van der Waals surface area contributed by atoms with Crippen LogP contribution in [0.15, 0.2) is 144 Å². The minimum Gasteiger partial charge on any atom is -0.452 e. The number of benzene rings is 5. The van der Waals surface area contributed by atoms with E-state index in [-0.39, 0.29) is 30.8 Å². The van der Waals surface area contributed by atoms with Crippen LogP contribution in [0.4, 0.5) is 4.79 Å². The molecule has 0 saturated carbocycles. The largest absolute Gasteiger partial charge is 0.508 e. The van der Waals surface area contributed by atoms with Gasteiger partial charge in [-0.2, -0.15) is 0 Å². The van der Waals surface area contributed by atoms with E-state index < -0.39 is 50.3 Å². The van der Waals surface area contributed by atoms with Crippen molar-refractivity contribution in [2.75, 3.05) is 13.2 Å². The number of hydrogen-bond acceptors (Lipinski definition) is 9. The summed E-state index contributed by atoms with van der Waals surface area (Å²) in [7, 11) is -2.56. The van der Waals surface area contributed by atoms with Gasteiger partial charge in [0.15, 0.2) is 14.4 Å². The maximum Gasteiger partial charge on any atom is 0.508 e. The molecule has 5 aromatic rings. The molecule has 2 aliphatic rings. The van der Waals surface area contributed by atoms with Crippen molar-refractivity contribution >= 4 is 32.2 Å². The average molecular weight is 803 g/mol. The van der Waals surface area contributed by atoms with Gasteiger partial charge in [-0.3, -0.25) is 0 Å². The van der Waals surface area contributed by atoms with E-state index in [0.717, 1.165) is 32.7 Å². The third kappa shape index (κ3) is 9.54. The highest BCUT2D eigenvalue weighted by atomic mass is 32.2. The van der Waals surface area contributed by atoms with Crippen LogP contribution in [0.25, 0.3) is 11.1 Å². The second kappa shape index (κ2) is 17.8. The van der Waals surface area contributed by atoms with Crippen molar-refractivity contribution < 1.29 is 37.7 Å². The molecule has 1 aliphatic carbocycles. The van der Waals surface area contributed by atoms with Gasteiger partial charge in [0.1, 0.15) is 37.0 Å². The van der Waals surface area contributed by atoms with Crippen molar-refractivity contribution in [3.8, 4) is 11.1 Å². The second-order valence-electron chi connectivity index (χ2n) is 15.9. The summed E-state index contributed by atoms with van der Waals surface area (Å²) < 4.78 is 39.0. The summed E-state index contributed by atoms with van der Waals surface area (Å²) >= 11 is 1.42. The van der Waals surface area contributed by atoms with Crippen molar-refractivity contribution in [1.82, 2.24) is 0 Å². The summed E-state index contributed by atoms with van der Waals surface area (Å²) in [4.78, 5) is 28.3. The predicted molar refractivity (Wildman–Crippen MR) is 225 cm³/mol. The zero-order valence-corrected chi connectivity index (χ0v) is 34.9. The number of fused-ring (bicyclic) bond motifs is 3. The van der Waals surface area contributed by atoms with E-state index in [1.807, 2.05) is 91.0 Å². The molecule has 5 atom stereocenters. The van der Waals surface area contributed by atoms with Crippen molar-refractivity contribution in [1.29, 1.82) is 0 Å². The van der Waals surface area contributed by atoms with Crippen molar-refractivity contribution in [2.24, 2.45) is 0 Å². The monoisotopic (exact) mass is 802 g/mol. The minimum atomic E-state index is -2.56. The number of hydrogen-bond donors (Lipinski definition) is 0. The normalized spacial score (nSPS) is 20.6. The first-order valence-corrected chi connectivity index (χ1v) is 23.2. The van der Waals surface area contributed by atoms with E-state index in [4.69, 9.17) is 28.1 Å². The molecule has 1 fully saturated rings. The van der Waals surface area contributed by atoms with Gasteiger partial charge in [0.05, 0.1) is 12.2 Å². The Bertz CT molecular complexity index is 2060. The molecule has 0 unspecified atom stereocenters. The van der Waals surface area contributed by atoms with Gasteiger partial charge in [-0.25, -0.2) is 9.59 Å². The van der Waals surface area contributed by atoms with Gasteiger partial charge in [-0.15, -0.1) is 0 Å². The molecular formula is C47H50O8SSi. The number of thioether (sulfide) groups is 1. The van der Waals surface area contributed by atoms with Gasteiger partial charge in [0.25, 0.3) is 0 Å². The lowest BCUT2D eigenvalue weighted by atomic mass is 9.98. The summed E-state index contributed by atoms with van der Waals surface area (Å²) in [6.07, 6.45) is -4.11. The Kier molecular flexibility index (Phi) is 12.7. The van der Waals surface area contributed by atoms with Gasteiger partial charge < -0.3 is 28.1 Å². The average Bonchev–Trinajstić information content (AvgIpc) is 3.54. The van der Waals surface area contributed by atoms with Crippen LogP contribution in [0.5, 0.6) is 0 Å². The van der Waals surface area contributed by atoms with E-state index >= 15 is 0 Å². The molecule has 0 N–H and O–H groups in total. The Morgan fingerprint density at radius 1 is 0.667 bits per heavy atom. The van der Waals surface area contributed by atoms with Gasteiger partial charge in [0, 0.05) is 10.8 Å². The molecule has 57 heavy (non-hydrogen) atoms. The Balaban J connectivity index is 1.19. The molecule has 1 saturated heterocycles. The lowest BCUT2D eigenvalue weighted by Gasteiger charge is -2.49. The first kappa shape index (κ1) is 40.5. The quantitative estimate of drug-likeness (QED) is 0.0852. The van der Waals surface area contributed by atoms with Crippen LogP contribution in [0.3, 0.4) is 0 Å². The molecule has 0 bridgehead atoms. The summed E-state index contributed by atoms with van der Waals surface area (Å²) in [5, 5.41) is -0.196. The molecular weight excluding hydrogens is 753 g/mol. The summed E-state index contributed by atoms with van der Waals surface area (Å²) in [6, 6.07) is 44.9. The van der Waals surface area contributed by atoms with Crippen LogP contribution in [-0.2, 0) is 34.7 Å². The van der Waals surface area contributed by atoms with Crippen molar-refractivity contribution in [3.05, 3.63) is 162 Å². The van der Waals surface area contributed by atoms with Gasteiger partial charge in [0.2, 0.25) is 0 Å². The number of carbonyl (C=O) groups excluding carboxylic acids is 2. The van der Waals surface area contributed by atoms with Crippen molar-refractivity contribution in [3.63, 3.8) is 0 Å². The van der Waals surface area contributed by atoms with Crippen LogP contribution in [-0.4, -0.2) is 63.5 Å². The lowest BCUT2D eigenvalue weighted by molar-refractivity contribution is -0.220. The molecule has 0 aromatic heterocycles. The highest BCUT2D eigenvalue weighted by molar-refractivity contribution is 7.99.